The lowest BCUT2D eigenvalue weighted by atomic mass is 9.98. The number of ether oxygens (including phenoxy) is 7. The molecule has 0 aliphatic carbocycles. The van der Waals surface area contributed by atoms with Gasteiger partial charge in [0.1, 0.15) is 98.2 Å². The highest BCUT2D eigenvalue weighted by Gasteiger charge is 2.60. The van der Waals surface area contributed by atoms with Gasteiger partial charge in [0, 0.05) is 0 Å². The molecule has 264 valence electrons. The lowest BCUT2D eigenvalue weighted by Crippen LogP contribution is -2.64. The summed E-state index contributed by atoms with van der Waals surface area (Å²) in [6.07, 6.45) is -32.0. The lowest BCUT2D eigenvalue weighted by molar-refractivity contribution is -0.399. The molecule has 0 amide bonds. The van der Waals surface area contributed by atoms with E-state index in [9.17, 15) is 71.5 Å². The number of aliphatic hydroxyl groups is 14. The zero-order chi connectivity index (χ0) is 33.4. The van der Waals surface area contributed by atoms with Crippen molar-refractivity contribution in [3.8, 4) is 0 Å². The first-order chi connectivity index (χ1) is 21.2. The third kappa shape index (κ3) is 7.29. The Balaban J connectivity index is 1.50. The summed E-state index contributed by atoms with van der Waals surface area (Å²) in [5.41, 5.74) is 0. The average Bonchev–Trinajstić information content (AvgIpc) is 3.27. The number of rotatable bonds is 11. The fraction of sp³-hybridized carbons (Fsp3) is 1.00. The molecule has 21 heteroatoms. The van der Waals surface area contributed by atoms with E-state index in [0.29, 0.717) is 0 Å². The Morgan fingerprint density at radius 2 is 0.867 bits per heavy atom. The molecule has 4 rings (SSSR count). The van der Waals surface area contributed by atoms with E-state index >= 15 is 0 Å². The summed E-state index contributed by atoms with van der Waals surface area (Å²) in [5, 5.41) is 142. The first-order valence-corrected chi connectivity index (χ1v) is 14.1. The number of hydrogen-bond acceptors (Lipinski definition) is 21. The highest BCUT2D eigenvalue weighted by molar-refractivity contribution is 5.00. The highest BCUT2D eigenvalue weighted by atomic mass is 16.8. The molecule has 21 nitrogen and oxygen atoms in total. The quantitative estimate of drug-likeness (QED) is 0.0973. The molecule has 4 heterocycles. The van der Waals surface area contributed by atoms with Crippen molar-refractivity contribution in [3.05, 3.63) is 0 Å². The van der Waals surface area contributed by atoms with Gasteiger partial charge in [0.15, 0.2) is 18.9 Å². The van der Waals surface area contributed by atoms with Gasteiger partial charge in [-0.15, -0.1) is 0 Å². The van der Waals surface area contributed by atoms with Crippen LogP contribution in [0.25, 0.3) is 0 Å². The number of hydrogen-bond donors (Lipinski definition) is 14. The van der Waals surface area contributed by atoms with Gasteiger partial charge in [-0.05, 0) is 0 Å². The van der Waals surface area contributed by atoms with E-state index in [0.717, 1.165) is 0 Å². The van der Waals surface area contributed by atoms with Gasteiger partial charge < -0.3 is 105 Å². The van der Waals surface area contributed by atoms with Crippen LogP contribution in [-0.4, -0.2) is 221 Å². The summed E-state index contributed by atoms with van der Waals surface area (Å²) in [6.45, 7) is -4.15. The zero-order valence-electron chi connectivity index (χ0n) is 23.5. The van der Waals surface area contributed by atoms with Crippen LogP contribution in [-0.2, 0) is 33.2 Å². The van der Waals surface area contributed by atoms with Crippen molar-refractivity contribution >= 4 is 0 Å². The predicted octanol–water partition coefficient (Wildman–Crippen LogP) is -9.75. The van der Waals surface area contributed by atoms with Gasteiger partial charge in [0.2, 0.25) is 5.79 Å². The monoisotopic (exact) mass is 666 g/mol. The van der Waals surface area contributed by atoms with E-state index in [-0.39, 0.29) is 0 Å². The van der Waals surface area contributed by atoms with E-state index in [1.165, 1.54) is 0 Å². The van der Waals surface area contributed by atoms with Crippen LogP contribution < -0.4 is 0 Å². The van der Waals surface area contributed by atoms with Crippen LogP contribution in [0.2, 0.25) is 0 Å². The largest absolute Gasteiger partial charge is 0.394 e. The molecule has 14 N–H and O–H groups in total. The maximum absolute atomic E-state index is 10.9. The van der Waals surface area contributed by atoms with Crippen LogP contribution in [0.5, 0.6) is 0 Å². The molecule has 0 saturated carbocycles. The maximum Gasteiger partial charge on any atom is 0.224 e. The molecule has 0 spiro atoms. The fourth-order valence-electron chi connectivity index (χ4n) is 5.40. The van der Waals surface area contributed by atoms with Crippen molar-refractivity contribution in [2.24, 2.45) is 0 Å². The Hall–Kier alpha value is -0.840. The van der Waals surface area contributed by atoms with Gasteiger partial charge in [-0.2, -0.15) is 0 Å². The van der Waals surface area contributed by atoms with E-state index in [1.54, 1.807) is 0 Å². The van der Waals surface area contributed by atoms with E-state index < -0.39 is 149 Å². The second-order valence-corrected chi connectivity index (χ2v) is 11.3. The Kier molecular flexibility index (Phi) is 12.5. The standard InChI is InChI=1S/C24H42O21/c25-1-6-10(28)14(32)17(35)21(41-6)39-4-9-12(30)16(34)19(37)23(43-9)45-24(20(38)13(31)8(3-27)44-24)5-40-22-18(36)15(33)11(29)7(2-26)42-22/h6-23,25-38H,1-5H2/t6-,7-,8-,9-,10+,11+,12-,13-,14+,15+,16+,17-,18-,19-,20+,21-,22+,23-,24+/m1/s1. The van der Waals surface area contributed by atoms with Crippen LogP contribution in [0.1, 0.15) is 0 Å². The van der Waals surface area contributed by atoms with Gasteiger partial charge in [-0.3, -0.25) is 0 Å². The van der Waals surface area contributed by atoms with Crippen molar-refractivity contribution in [3.63, 3.8) is 0 Å². The highest BCUT2D eigenvalue weighted by Crippen LogP contribution is 2.38. The predicted molar refractivity (Wildman–Crippen MR) is 134 cm³/mol. The normalized spacial score (nSPS) is 52.7. The maximum atomic E-state index is 10.9. The minimum absolute atomic E-state index is 0.729. The van der Waals surface area contributed by atoms with Gasteiger partial charge in [0.05, 0.1) is 26.4 Å². The van der Waals surface area contributed by atoms with Gasteiger partial charge in [-0.1, -0.05) is 0 Å². The van der Waals surface area contributed by atoms with Crippen LogP contribution in [0, 0.1) is 0 Å². The summed E-state index contributed by atoms with van der Waals surface area (Å²) in [5.74, 6) is -2.57. The molecule has 0 aromatic heterocycles. The van der Waals surface area contributed by atoms with Crippen molar-refractivity contribution in [2.75, 3.05) is 33.0 Å². The summed E-state index contributed by atoms with van der Waals surface area (Å²) < 4.78 is 38.0. The summed E-state index contributed by atoms with van der Waals surface area (Å²) in [4.78, 5) is 0. The molecule has 0 bridgehead atoms. The zero-order valence-corrected chi connectivity index (χ0v) is 23.5. The van der Waals surface area contributed by atoms with Crippen molar-refractivity contribution in [1.82, 2.24) is 0 Å². The Bertz CT molecular complexity index is 929. The first-order valence-electron chi connectivity index (χ1n) is 14.1. The van der Waals surface area contributed by atoms with Crippen molar-refractivity contribution in [2.45, 2.75) is 116 Å². The molecule has 0 unspecified atom stereocenters. The molecule has 19 atom stereocenters. The smallest absolute Gasteiger partial charge is 0.224 e. The molecule has 4 saturated heterocycles. The summed E-state index contributed by atoms with van der Waals surface area (Å²) in [6, 6.07) is 0. The van der Waals surface area contributed by atoms with Gasteiger partial charge in [0.25, 0.3) is 0 Å². The molecular formula is C24H42O21. The minimum Gasteiger partial charge on any atom is -0.394 e. The Labute approximate surface area is 254 Å². The average molecular weight is 667 g/mol. The van der Waals surface area contributed by atoms with Crippen molar-refractivity contribution < 1.29 is 105 Å². The second-order valence-electron chi connectivity index (χ2n) is 11.3. The third-order valence-electron chi connectivity index (χ3n) is 8.24. The molecule has 45 heavy (non-hydrogen) atoms. The van der Waals surface area contributed by atoms with E-state index in [2.05, 4.69) is 0 Å². The molecule has 0 aromatic rings. The Morgan fingerprint density at radius 3 is 1.33 bits per heavy atom. The van der Waals surface area contributed by atoms with Crippen molar-refractivity contribution in [1.29, 1.82) is 0 Å². The molecular weight excluding hydrogens is 624 g/mol. The SMILES string of the molecule is OC[C@H]1O[C@@H](OC[C@H]2O[C@H](O[C@]3(CO[C@H]4O[C@H](CO)[C@H](O)[C@H](O)[C@H]4O)O[C@H](CO)[C@@H](O)[C@@H]3O)[C@H](O)[C@@H](O)[C@@H]2O)[C@H](O)[C@@H](O)[C@H]1O. The molecule has 0 aromatic carbocycles. The fourth-order valence-corrected chi connectivity index (χ4v) is 5.40. The van der Waals surface area contributed by atoms with Crippen LogP contribution in [0.3, 0.4) is 0 Å². The first kappa shape index (κ1) is 37.0. The van der Waals surface area contributed by atoms with Crippen LogP contribution in [0.15, 0.2) is 0 Å². The van der Waals surface area contributed by atoms with Crippen LogP contribution in [0.4, 0.5) is 0 Å². The molecule has 4 aliphatic heterocycles. The summed E-state index contributed by atoms with van der Waals surface area (Å²) in [7, 11) is 0. The molecule has 4 aliphatic rings. The third-order valence-corrected chi connectivity index (χ3v) is 8.24. The molecule has 0 radical (unpaired) electrons. The van der Waals surface area contributed by atoms with E-state index in [4.69, 9.17) is 33.2 Å². The second kappa shape index (κ2) is 15.1. The Morgan fingerprint density at radius 1 is 0.444 bits per heavy atom. The number of aliphatic hydroxyl groups excluding tert-OH is 14. The van der Waals surface area contributed by atoms with Gasteiger partial charge in [-0.25, -0.2) is 0 Å². The minimum atomic E-state index is -2.57. The van der Waals surface area contributed by atoms with Gasteiger partial charge >= 0.3 is 0 Å². The lowest BCUT2D eigenvalue weighted by Gasteiger charge is -2.45. The van der Waals surface area contributed by atoms with E-state index in [1.807, 2.05) is 0 Å². The molecule has 4 fully saturated rings. The topological polar surface area (TPSA) is 348 Å². The summed E-state index contributed by atoms with van der Waals surface area (Å²) >= 11 is 0. The van der Waals surface area contributed by atoms with Crippen LogP contribution >= 0.6 is 0 Å².